The van der Waals surface area contributed by atoms with Gasteiger partial charge in [-0.15, -0.1) is 0 Å². The topological polar surface area (TPSA) is 291 Å². The minimum Gasteiger partial charge on any atom is -0.445 e. The highest BCUT2D eigenvalue weighted by molar-refractivity contribution is 5.96. The lowest BCUT2D eigenvalue weighted by atomic mass is 9.78. The van der Waals surface area contributed by atoms with Crippen LogP contribution in [0, 0.1) is 39.9 Å². The summed E-state index contributed by atoms with van der Waals surface area (Å²) in [6.45, 7) is 17.0. The maximum Gasteiger partial charge on any atom is 0.471 e. The molecular weight excluding hydrogens is 1060 g/mol. The molecule has 450 valence electrons. The molecule has 0 aromatic carbocycles. The average molecular weight is 1140 g/mol. The zero-order valence-electron chi connectivity index (χ0n) is 48.4. The smallest absolute Gasteiger partial charge is 0.445 e. The number of rotatable bonds is 32. The number of nitrogens with one attached hydrogen (secondary N) is 6. The van der Waals surface area contributed by atoms with Crippen molar-refractivity contribution in [3.05, 3.63) is 30.1 Å². The molecule has 0 bridgehead atoms. The Kier molecular flexibility index (Phi) is 26.1. The van der Waals surface area contributed by atoms with E-state index in [1.165, 1.54) is 4.90 Å². The highest BCUT2D eigenvalue weighted by atomic mass is 19.4. The first-order chi connectivity index (χ1) is 38.3. The maximum atomic E-state index is 15.4. The second kappa shape index (κ2) is 31.6. The van der Waals surface area contributed by atoms with Gasteiger partial charge >= 0.3 is 18.2 Å². The number of hydrogen-bond donors (Lipinski definition) is 6. The zero-order chi connectivity index (χ0) is 60.1. The predicted octanol–water partition coefficient (Wildman–Crippen LogP) is 3.81. The summed E-state index contributed by atoms with van der Waals surface area (Å²) in [5.41, 5.74) is -2.44. The molecule has 0 saturated carbocycles. The van der Waals surface area contributed by atoms with Crippen molar-refractivity contribution in [2.24, 2.45) is 17.3 Å². The van der Waals surface area contributed by atoms with Crippen LogP contribution in [0.4, 0.5) is 18.0 Å². The van der Waals surface area contributed by atoms with Crippen molar-refractivity contribution in [1.82, 2.24) is 56.5 Å². The van der Waals surface area contributed by atoms with E-state index in [2.05, 4.69) is 61.3 Å². The number of aromatic nitrogens is 1. The summed E-state index contributed by atoms with van der Waals surface area (Å²) in [4.78, 5) is 118. The number of nitriles is 2. The molecule has 4 rings (SSSR count). The molecule has 3 fully saturated rings. The van der Waals surface area contributed by atoms with Gasteiger partial charge in [-0.25, -0.2) is 4.79 Å². The minimum atomic E-state index is -5.30. The fourth-order valence-electron chi connectivity index (χ4n) is 11.2. The van der Waals surface area contributed by atoms with Gasteiger partial charge in [0.05, 0.1) is 12.1 Å². The lowest BCUT2D eigenvalue weighted by Crippen LogP contribution is -2.61. The Balaban J connectivity index is 1.61. The zero-order valence-corrected chi connectivity index (χ0v) is 48.4. The molecule has 0 radical (unpaired) electrons. The molecule has 1 aromatic heterocycles. The van der Waals surface area contributed by atoms with Crippen molar-refractivity contribution in [1.29, 1.82) is 10.5 Å². The van der Waals surface area contributed by atoms with Gasteiger partial charge in [-0.3, -0.25) is 48.3 Å². The van der Waals surface area contributed by atoms with Crippen molar-refractivity contribution in [3.63, 3.8) is 0 Å². The molecule has 25 heteroatoms. The number of pyridine rings is 1. The van der Waals surface area contributed by atoms with E-state index in [1.54, 1.807) is 29.8 Å². The van der Waals surface area contributed by atoms with Crippen molar-refractivity contribution in [2.75, 3.05) is 52.4 Å². The van der Waals surface area contributed by atoms with Gasteiger partial charge in [-0.2, -0.15) is 23.7 Å². The van der Waals surface area contributed by atoms with Crippen LogP contribution in [0.25, 0.3) is 0 Å². The van der Waals surface area contributed by atoms with Gasteiger partial charge in [-0.05, 0) is 140 Å². The number of alkyl halides is 3. The van der Waals surface area contributed by atoms with E-state index < -0.39 is 94.9 Å². The van der Waals surface area contributed by atoms with Gasteiger partial charge in [0.1, 0.15) is 42.4 Å². The number of nitrogens with zero attached hydrogens (tertiary/aromatic N) is 7. The van der Waals surface area contributed by atoms with Gasteiger partial charge in [0.2, 0.25) is 35.9 Å². The van der Waals surface area contributed by atoms with Gasteiger partial charge in [0, 0.05) is 56.6 Å². The molecule has 6 N–H and O–H groups in total. The molecule has 0 spiro atoms. The van der Waals surface area contributed by atoms with E-state index >= 15 is 4.79 Å². The lowest BCUT2D eigenvalue weighted by molar-refractivity contribution is -0.176. The predicted molar refractivity (Wildman–Crippen MR) is 292 cm³/mol. The molecular formula is C56H86F3N13O9. The van der Waals surface area contributed by atoms with E-state index in [-0.39, 0.29) is 56.8 Å². The molecule has 3 saturated heterocycles. The van der Waals surface area contributed by atoms with E-state index in [1.807, 2.05) is 33.8 Å². The number of alkyl carbamates (subject to hydrolysis) is 1. The Labute approximate surface area is 474 Å². The van der Waals surface area contributed by atoms with Crippen LogP contribution in [-0.4, -0.2) is 179 Å². The van der Waals surface area contributed by atoms with Crippen LogP contribution in [0.1, 0.15) is 138 Å². The number of carbonyl (C=O) groups is 8. The summed E-state index contributed by atoms with van der Waals surface area (Å²) in [7, 11) is 0. The molecule has 4 heterocycles. The van der Waals surface area contributed by atoms with E-state index in [4.69, 9.17) is 4.74 Å². The third-order valence-electron chi connectivity index (χ3n) is 15.5. The van der Waals surface area contributed by atoms with Crippen LogP contribution in [0.2, 0.25) is 0 Å². The Bertz CT molecular complexity index is 2360. The molecule has 8 amide bonds. The van der Waals surface area contributed by atoms with Crippen LogP contribution < -0.4 is 31.9 Å². The summed E-state index contributed by atoms with van der Waals surface area (Å²) in [5, 5.41) is 35.7. The van der Waals surface area contributed by atoms with Gasteiger partial charge in [-0.1, -0.05) is 48.0 Å². The molecule has 3 aliphatic heterocycles. The standard InChI is InChI=1S/C56H86F3N13O9/c1-9-23-69(24-10-2)42-29-44(48(75)65-40(31-60)27-37(4)14-19-63-36-73)71(33-42)50(77)46(67-53(80)81-35-38-15-20-62-21-16-38)54(5,6)18-12-13-26-70(25-11-3)43-30-45(49(76)66-41(32-61)28-39-17-22-64-47(39)74)72(34-43)52(79)55(7,8)68-51(78)56(57,58)59/h15-16,20-21,36-37,39-46H,9-14,17-19,22-30,33-35H2,1-8H3,(H,63,73)(H,64,74)(H,65,75)(H,66,76)(H,67,80)(H,68,78)/t37-,39-,40?,41?,42+,43+,44-,45-,46+/m0/s1. The first kappa shape index (κ1) is 66.9. The molecule has 3 aliphatic rings. The normalized spacial score (nSPS) is 20.8. The van der Waals surface area contributed by atoms with Crippen LogP contribution >= 0.6 is 0 Å². The third-order valence-corrected chi connectivity index (χ3v) is 15.5. The van der Waals surface area contributed by atoms with Gasteiger partial charge < -0.3 is 46.4 Å². The number of likely N-dealkylation sites (tertiary alicyclic amines) is 2. The summed E-state index contributed by atoms with van der Waals surface area (Å²) in [5.74, 6) is -5.84. The minimum absolute atomic E-state index is 0.00948. The van der Waals surface area contributed by atoms with Crippen LogP contribution in [-0.2, 0) is 44.9 Å². The molecule has 22 nitrogen and oxygen atoms in total. The number of carbonyl (C=O) groups excluding carboxylic acids is 8. The first-order valence-corrected chi connectivity index (χ1v) is 28.5. The Hall–Kier alpha value is -6.60. The quantitative estimate of drug-likeness (QED) is 0.0442. The molecule has 1 aromatic rings. The van der Waals surface area contributed by atoms with Crippen molar-refractivity contribution in [3.8, 4) is 12.1 Å². The van der Waals surface area contributed by atoms with Crippen LogP contribution in [0.3, 0.4) is 0 Å². The van der Waals surface area contributed by atoms with Gasteiger partial charge in [0.15, 0.2) is 0 Å². The number of hydrogen-bond acceptors (Lipinski definition) is 14. The lowest BCUT2D eigenvalue weighted by Gasteiger charge is -2.38. The fraction of sp³-hybridized carbons (Fsp3) is 0.732. The molecule has 81 heavy (non-hydrogen) atoms. The summed E-state index contributed by atoms with van der Waals surface area (Å²) >= 11 is 0. The SMILES string of the molecule is CCCN(CCC)[C@@H]1C[C@@H](C(=O)NC(C#N)C[C@@H](C)CCNC=O)N(C(=O)[C@@H](NC(=O)OCc2ccncc2)C(C)(C)CCCCN(CCC)[C@@H]2C[C@@H](C(=O)NC(C#N)C[C@@H]3CCNC3=O)N(C(=O)C(C)(C)NC(=O)C(F)(F)F)C2)C1. The first-order valence-electron chi connectivity index (χ1n) is 28.5. The van der Waals surface area contributed by atoms with Crippen molar-refractivity contribution < 1.29 is 56.3 Å². The molecule has 0 aliphatic carbocycles. The van der Waals surface area contributed by atoms with E-state index in [0.717, 1.165) is 44.7 Å². The number of unbranched alkanes of at least 4 members (excludes halogenated alkanes) is 1. The van der Waals surface area contributed by atoms with Crippen LogP contribution in [0.15, 0.2) is 24.5 Å². The van der Waals surface area contributed by atoms with Crippen molar-refractivity contribution in [2.45, 2.75) is 193 Å². The largest absolute Gasteiger partial charge is 0.471 e. The van der Waals surface area contributed by atoms with Crippen LogP contribution in [0.5, 0.6) is 0 Å². The van der Waals surface area contributed by atoms with E-state index in [0.29, 0.717) is 83.1 Å². The number of ether oxygens (including phenoxy) is 1. The number of amides is 8. The summed E-state index contributed by atoms with van der Waals surface area (Å²) in [6.07, 6.45) is 2.84. The molecule has 2 unspecified atom stereocenters. The fourth-order valence-corrected chi connectivity index (χ4v) is 11.2. The highest BCUT2D eigenvalue weighted by Gasteiger charge is 2.51. The monoisotopic (exact) mass is 1140 g/mol. The van der Waals surface area contributed by atoms with Gasteiger partial charge in [0.25, 0.3) is 0 Å². The second-order valence-electron chi connectivity index (χ2n) is 23.0. The second-order valence-corrected chi connectivity index (χ2v) is 23.0. The maximum absolute atomic E-state index is 15.4. The summed E-state index contributed by atoms with van der Waals surface area (Å²) in [6, 6.07) is 1.38. The summed E-state index contributed by atoms with van der Waals surface area (Å²) < 4.78 is 46.1. The average Bonchev–Trinajstić information content (AvgIpc) is 4.21. The third kappa shape index (κ3) is 19.8. The van der Waals surface area contributed by atoms with Crippen molar-refractivity contribution >= 4 is 47.9 Å². The Morgan fingerprint density at radius 3 is 1.96 bits per heavy atom. The van der Waals surface area contributed by atoms with E-state index in [9.17, 15) is 57.3 Å². The number of halogens is 3. The highest BCUT2D eigenvalue weighted by Crippen LogP contribution is 2.34. The Morgan fingerprint density at radius 1 is 0.852 bits per heavy atom. The Morgan fingerprint density at radius 2 is 1.42 bits per heavy atom. The molecule has 9 atom stereocenters.